The Hall–Kier alpha value is -3.84. The van der Waals surface area contributed by atoms with Gasteiger partial charge in [-0.3, -0.25) is 14.5 Å². The molecule has 2 N–H and O–H groups in total. The van der Waals surface area contributed by atoms with Crippen LogP contribution in [0.2, 0.25) is 0 Å². The molecule has 13 heteroatoms. The lowest BCUT2D eigenvalue weighted by atomic mass is 10.1. The van der Waals surface area contributed by atoms with Gasteiger partial charge in [0, 0.05) is 43.7 Å². The molecule has 3 atom stereocenters. The van der Waals surface area contributed by atoms with Crippen molar-refractivity contribution in [2.24, 2.45) is 0 Å². The SMILES string of the molecule is O=C(N[C@@H](CCCN[C@@H]1C[C@H]1c1ccc(F)cc1)C(=O)N1CCN(CC(F)(F)F)CC1)c1ccc(-n2ccnn2)cc1. The van der Waals surface area contributed by atoms with Crippen LogP contribution in [0.1, 0.15) is 41.1 Å². The van der Waals surface area contributed by atoms with Gasteiger partial charge in [-0.2, -0.15) is 13.2 Å². The molecule has 0 spiro atoms. The first kappa shape index (κ1) is 29.6. The van der Waals surface area contributed by atoms with E-state index in [1.165, 1.54) is 21.9 Å². The fourth-order valence-electron chi connectivity index (χ4n) is 5.30. The average molecular weight is 588 g/mol. The Morgan fingerprint density at radius 1 is 1.00 bits per heavy atom. The zero-order valence-corrected chi connectivity index (χ0v) is 22.9. The molecule has 2 amide bonds. The minimum absolute atomic E-state index is 0.115. The molecule has 2 heterocycles. The molecule has 0 bridgehead atoms. The molecule has 9 nitrogen and oxygen atoms in total. The van der Waals surface area contributed by atoms with E-state index in [1.54, 1.807) is 53.5 Å². The summed E-state index contributed by atoms with van der Waals surface area (Å²) in [6, 6.07) is 12.6. The lowest BCUT2D eigenvalue weighted by Crippen LogP contribution is -2.56. The van der Waals surface area contributed by atoms with Crippen LogP contribution in [0.25, 0.3) is 5.69 Å². The number of hydrogen-bond acceptors (Lipinski definition) is 6. The Bertz CT molecular complexity index is 1330. The molecular weight excluding hydrogens is 554 g/mol. The Morgan fingerprint density at radius 3 is 2.36 bits per heavy atom. The summed E-state index contributed by atoms with van der Waals surface area (Å²) in [5, 5.41) is 14.0. The predicted octanol–water partition coefficient (Wildman–Crippen LogP) is 3.14. The maximum Gasteiger partial charge on any atom is 0.401 e. The van der Waals surface area contributed by atoms with Crippen molar-refractivity contribution in [2.45, 2.75) is 43.4 Å². The molecule has 0 unspecified atom stereocenters. The van der Waals surface area contributed by atoms with Crippen LogP contribution >= 0.6 is 0 Å². The Morgan fingerprint density at radius 2 is 1.71 bits per heavy atom. The summed E-state index contributed by atoms with van der Waals surface area (Å²) >= 11 is 0. The third-order valence-corrected chi connectivity index (χ3v) is 7.67. The molecule has 5 rings (SSSR count). The first-order chi connectivity index (χ1) is 20.2. The van der Waals surface area contributed by atoms with Crippen molar-refractivity contribution in [3.8, 4) is 5.69 Å². The van der Waals surface area contributed by atoms with E-state index in [9.17, 15) is 27.2 Å². The zero-order valence-electron chi connectivity index (χ0n) is 22.9. The minimum Gasteiger partial charge on any atom is -0.340 e. The number of alkyl halides is 3. The lowest BCUT2D eigenvalue weighted by Gasteiger charge is -2.36. The van der Waals surface area contributed by atoms with Gasteiger partial charge < -0.3 is 15.5 Å². The number of nitrogens with one attached hydrogen (secondary N) is 2. The van der Waals surface area contributed by atoms with E-state index in [0.717, 1.165) is 17.7 Å². The number of rotatable bonds is 11. The van der Waals surface area contributed by atoms with E-state index in [4.69, 9.17) is 0 Å². The van der Waals surface area contributed by atoms with Crippen molar-refractivity contribution in [3.63, 3.8) is 0 Å². The fourth-order valence-corrected chi connectivity index (χ4v) is 5.30. The number of piperazine rings is 1. The molecular formula is C29H33F4N7O2. The van der Waals surface area contributed by atoms with E-state index in [2.05, 4.69) is 20.9 Å². The largest absolute Gasteiger partial charge is 0.401 e. The van der Waals surface area contributed by atoms with Crippen molar-refractivity contribution in [1.82, 2.24) is 35.4 Å². The number of halogens is 4. The highest BCUT2D eigenvalue weighted by molar-refractivity contribution is 5.97. The number of nitrogens with zero attached hydrogens (tertiary/aromatic N) is 5. The van der Waals surface area contributed by atoms with Crippen LogP contribution in [0.3, 0.4) is 0 Å². The quantitative estimate of drug-likeness (QED) is 0.265. The van der Waals surface area contributed by atoms with Crippen molar-refractivity contribution in [1.29, 1.82) is 0 Å². The third-order valence-electron chi connectivity index (χ3n) is 7.67. The molecule has 1 saturated carbocycles. The summed E-state index contributed by atoms with van der Waals surface area (Å²) in [4.78, 5) is 29.4. The summed E-state index contributed by atoms with van der Waals surface area (Å²) in [6.45, 7) is 0.161. The highest BCUT2D eigenvalue weighted by atomic mass is 19.4. The number of amides is 2. The van der Waals surface area contributed by atoms with Gasteiger partial charge in [0.2, 0.25) is 5.91 Å². The molecule has 2 aliphatic rings. The molecule has 1 aromatic heterocycles. The number of carbonyl (C=O) groups is 2. The highest BCUT2D eigenvalue weighted by Gasteiger charge is 2.38. The number of carbonyl (C=O) groups excluding carboxylic acids is 2. The Kier molecular flexibility index (Phi) is 9.17. The second-order valence-corrected chi connectivity index (χ2v) is 10.7. The molecule has 224 valence electrons. The molecule has 3 aromatic rings. The molecule has 0 radical (unpaired) electrons. The van der Waals surface area contributed by atoms with Gasteiger partial charge in [-0.25, -0.2) is 9.07 Å². The van der Waals surface area contributed by atoms with E-state index in [1.807, 2.05) is 0 Å². The van der Waals surface area contributed by atoms with Gasteiger partial charge in [-0.1, -0.05) is 17.3 Å². The van der Waals surface area contributed by atoms with Gasteiger partial charge in [0.05, 0.1) is 24.6 Å². The molecule has 2 fully saturated rings. The van der Waals surface area contributed by atoms with Crippen molar-refractivity contribution in [2.75, 3.05) is 39.3 Å². The first-order valence-corrected chi connectivity index (χ1v) is 14.0. The summed E-state index contributed by atoms with van der Waals surface area (Å²) in [6.07, 6.45) is 0.832. The number of benzene rings is 2. The summed E-state index contributed by atoms with van der Waals surface area (Å²) in [5.41, 5.74) is 2.16. The molecule has 42 heavy (non-hydrogen) atoms. The van der Waals surface area contributed by atoms with Gasteiger partial charge in [-0.05, 0) is 67.8 Å². The topological polar surface area (TPSA) is 95.4 Å². The van der Waals surface area contributed by atoms with E-state index in [-0.39, 0.29) is 43.9 Å². The van der Waals surface area contributed by atoms with Gasteiger partial charge >= 0.3 is 6.18 Å². The second kappa shape index (κ2) is 13.0. The van der Waals surface area contributed by atoms with Crippen molar-refractivity contribution >= 4 is 11.8 Å². The fraction of sp³-hybridized carbons (Fsp3) is 0.448. The van der Waals surface area contributed by atoms with Gasteiger partial charge in [0.1, 0.15) is 11.9 Å². The maximum atomic E-state index is 13.5. The Balaban J connectivity index is 1.17. The number of hydrogen-bond donors (Lipinski definition) is 2. The molecule has 1 aliphatic carbocycles. The van der Waals surface area contributed by atoms with Crippen molar-refractivity contribution in [3.05, 3.63) is 77.9 Å². The van der Waals surface area contributed by atoms with E-state index < -0.39 is 24.7 Å². The van der Waals surface area contributed by atoms with Crippen molar-refractivity contribution < 1.29 is 27.2 Å². The van der Waals surface area contributed by atoms with Gasteiger partial charge in [0.15, 0.2) is 0 Å². The third kappa shape index (κ3) is 7.91. The first-order valence-electron chi connectivity index (χ1n) is 14.0. The monoisotopic (exact) mass is 587 g/mol. The summed E-state index contributed by atoms with van der Waals surface area (Å²) in [5.74, 6) is -0.670. The number of aromatic nitrogens is 3. The molecule has 2 aromatic carbocycles. The van der Waals surface area contributed by atoms with Crippen LogP contribution in [0.5, 0.6) is 0 Å². The average Bonchev–Trinajstić information content (AvgIpc) is 3.52. The predicted molar refractivity (Wildman–Crippen MR) is 146 cm³/mol. The van der Waals surface area contributed by atoms with Crippen LogP contribution < -0.4 is 10.6 Å². The van der Waals surface area contributed by atoms with Crippen LogP contribution in [0.4, 0.5) is 17.6 Å². The highest BCUT2D eigenvalue weighted by Crippen LogP contribution is 2.40. The van der Waals surface area contributed by atoms with Gasteiger partial charge in [-0.15, -0.1) is 5.10 Å². The standard InChI is InChI=1S/C29H33F4N7O2/c30-22-7-3-20(4-8-22)24-18-26(24)34-11-1-2-25(28(42)39-16-14-38(15-17-39)19-29(31,32)33)36-27(41)21-5-9-23(10-6-21)40-13-12-35-37-40/h3-10,12-13,24-26,34H,1-2,11,14-19H2,(H,36,41)/t24-,25-,26+/m0/s1. The van der Waals surface area contributed by atoms with Gasteiger partial charge in [0.25, 0.3) is 5.91 Å². The normalized spacial score (nSPS) is 19.9. The van der Waals surface area contributed by atoms with Crippen LogP contribution in [0.15, 0.2) is 60.9 Å². The Labute approximate surface area is 240 Å². The molecule has 1 aliphatic heterocycles. The van der Waals surface area contributed by atoms with Crippen LogP contribution in [-0.4, -0.2) is 94.1 Å². The maximum absolute atomic E-state index is 13.5. The second-order valence-electron chi connectivity index (χ2n) is 10.7. The zero-order chi connectivity index (χ0) is 29.7. The summed E-state index contributed by atoms with van der Waals surface area (Å²) in [7, 11) is 0. The van der Waals surface area contributed by atoms with E-state index >= 15 is 0 Å². The minimum atomic E-state index is -4.30. The smallest absolute Gasteiger partial charge is 0.340 e. The van der Waals surface area contributed by atoms with Crippen LogP contribution in [0, 0.1) is 5.82 Å². The lowest BCUT2D eigenvalue weighted by molar-refractivity contribution is -0.152. The van der Waals surface area contributed by atoms with Crippen LogP contribution in [-0.2, 0) is 4.79 Å². The molecule has 1 saturated heterocycles. The summed E-state index contributed by atoms with van der Waals surface area (Å²) < 4.78 is 53.2. The van der Waals surface area contributed by atoms with E-state index in [0.29, 0.717) is 30.9 Å².